The first-order chi connectivity index (χ1) is 9.34. The molecule has 1 N–H and O–H groups in total. The molecular weight excluding hydrogens is 236 g/mol. The minimum atomic E-state index is 0.125. The lowest BCUT2D eigenvalue weighted by atomic mass is 9.68. The van der Waals surface area contributed by atoms with Crippen LogP contribution in [-0.4, -0.2) is 28.5 Å². The summed E-state index contributed by atoms with van der Waals surface area (Å²) < 4.78 is 0. The van der Waals surface area contributed by atoms with Crippen LogP contribution >= 0.6 is 0 Å². The maximum atomic E-state index is 4.74. The summed E-state index contributed by atoms with van der Waals surface area (Å²) in [5, 5.41) is 3.27. The zero-order valence-corrected chi connectivity index (χ0v) is 11.1. The minimum absolute atomic E-state index is 0.125. The van der Waals surface area contributed by atoms with Crippen molar-refractivity contribution in [3.63, 3.8) is 0 Å². The number of pyridine rings is 1. The molecule has 0 aromatic carbocycles. The van der Waals surface area contributed by atoms with Crippen LogP contribution in [0.15, 0.2) is 36.7 Å². The molecule has 1 fully saturated rings. The van der Waals surface area contributed by atoms with Crippen LogP contribution in [0.3, 0.4) is 0 Å². The number of likely N-dealkylation sites (N-methyl/N-ethyl adjacent to an activating group) is 1. The summed E-state index contributed by atoms with van der Waals surface area (Å²) in [5.41, 5.74) is 1.94. The second-order valence-corrected chi connectivity index (χ2v) is 5.14. The fraction of sp³-hybridized carbons (Fsp3) is 0.400. The van der Waals surface area contributed by atoms with Gasteiger partial charge in [0, 0.05) is 24.4 Å². The van der Waals surface area contributed by atoms with Crippen molar-refractivity contribution in [3.8, 4) is 11.4 Å². The summed E-state index contributed by atoms with van der Waals surface area (Å²) in [7, 11) is 1.99. The van der Waals surface area contributed by atoms with Crippen molar-refractivity contribution in [2.75, 3.05) is 13.6 Å². The second kappa shape index (κ2) is 5.05. The van der Waals surface area contributed by atoms with E-state index in [2.05, 4.69) is 15.3 Å². The topological polar surface area (TPSA) is 50.7 Å². The highest BCUT2D eigenvalue weighted by molar-refractivity contribution is 5.53. The van der Waals surface area contributed by atoms with Gasteiger partial charge in [-0.2, -0.15) is 0 Å². The fourth-order valence-corrected chi connectivity index (χ4v) is 2.69. The Morgan fingerprint density at radius 1 is 1.11 bits per heavy atom. The Hall–Kier alpha value is -1.81. The van der Waals surface area contributed by atoms with Gasteiger partial charge < -0.3 is 5.32 Å². The highest BCUT2D eigenvalue weighted by Gasteiger charge is 2.40. The van der Waals surface area contributed by atoms with Crippen LogP contribution < -0.4 is 5.32 Å². The smallest absolute Gasteiger partial charge is 0.136 e. The minimum Gasteiger partial charge on any atom is -0.319 e. The van der Waals surface area contributed by atoms with E-state index in [1.807, 2.05) is 37.5 Å². The van der Waals surface area contributed by atoms with Crippen LogP contribution in [0, 0.1) is 0 Å². The summed E-state index contributed by atoms with van der Waals surface area (Å²) in [6.07, 6.45) is 7.24. The first-order valence-corrected chi connectivity index (χ1v) is 6.74. The first-order valence-electron chi connectivity index (χ1n) is 6.74. The molecule has 4 nitrogen and oxygen atoms in total. The van der Waals surface area contributed by atoms with Gasteiger partial charge in [-0.3, -0.25) is 4.98 Å². The molecule has 0 atom stereocenters. The van der Waals surface area contributed by atoms with Gasteiger partial charge in [0.25, 0.3) is 0 Å². The number of hydrogen-bond donors (Lipinski definition) is 1. The Bertz CT molecular complexity index is 549. The molecule has 4 heteroatoms. The largest absolute Gasteiger partial charge is 0.319 e. The predicted molar refractivity (Wildman–Crippen MR) is 74.7 cm³/mol. The Balaban J connectivity index is 1.96. The molecule has 0 radical (unpaired) electrons. The normalized spacial score (nSPS) is 16.9. The molecule has 2 aromatic rings. The predicted octanol–water partition coefficient (Wildman–Crippen LogP) is 2.18. The van der Waals surface area contributed by atoms with Gasteiger partial charge in [0.2, 0.25) is 0 Å². The molecule has 19 heavy (non-hydrogen) atoms. The lowest BCUT2D eigenvalue weighted by Gasteiger charge is -2.40. The first kappa shape index (κ1) is 12.2. The van der Waals surface area contributed by atoms with Crippen molar-refractivity contribution in [3.05, 3.63) is 42.5 Å². The number of aromatic nitrogens is 3. The molecule has 0 spiro atoms. The van der Waals surface area contributed by atoms with Gasteiger partial charge in [-0.1, -0.05) is 12.5 Å². The maximum absolute atomic E-state index is 4.74. The van der Waals surface area contributed by atoms with E-state index in [0.717, 1.165) is 23.8 Å². The standard InChI is InChI=1S/C15H18N4/c1-16-11-15(7-4-8-15)14-18-10-6-13(19-14)12-5-2-3-9-17-12/h2-3,5-6,9-10,16H,4,7-8,11H2,1H3. The van der Waals surface area contributed by atoms with Gasteiger partial charge in [0.05, 0.1) is 11.4 Å². The van der Waals surface area contributed by atoms with E-state index < -0.39 is 0 Å². The number of nitrogens with one attached hydrogen (secondary N) is 1. The van der Waals surface area contributed by atoms with Gasteiger partial charge in [-0.05, 0) is 38.1 Å². The molecule has 1 aliphatic rings. The van der Waals surface area contributed by atoms with Crippen molar-refractivity contribution in [2.24, 2.45) is 0 Å². The van der Waals surface area contributed by atoms with Gasteiger partial charge in [-0.15, -0.1) is 0 Å². The lowest BCUT2D eigenvalue weighted by molar-refractivity contribution is 0.225. The molecule has 98 valence electrons. The quantitative estimate of drug-likeness (QED) is 0.908. The SMILES string of the molecule is CNCC1(c2nccc(-c3ccccn3)n2)CCC1. The zero-order valence-electron chi connectivity index (χ0n) is 11.1. The molecule has 0 unspecified atom stereocenters. The van der Waals surface area contributed by atoms with Crippen LogP contribution in [0.1, 0.15) is 25.1 Å². The molecule has 0 amide bonds. The van der Waals surface area contributed by atoms with Crippen LogP contribution in [0.4, 0.5) is 0 Å². The molecule has 1 aliphatic carbocycles. The molecule has 0 saturated heterocycles. The maximum Gasteiger partial charge on any atom is 0.136 e. The Labute approximate surface area is 113 Å². The third-order valence-corrected chi connectivity index (χ3v) is 3.88. The van der Waals surface area contributed by atoms with Gasteiger partial charge in [0.1, 0.15) is 5.82 Å². The third kappa shape index (κ3) is 2.24. The fourth-order valence-electron chi connectivity index (χ4n) is 2.69. The molecule has 1 saturated carbocycles. The average molecular weight is 254 g/mol. The van der Waals surface area contributed by atoms with Crippen LogP contribution in [-0.2, 0) is 5.41 Å². The molecule has 3 rings (SSSR count). The van der Waals surface area contributed by atoms with Gasteiger partial charge in [-0.25, -0.2) is 9.97 Å². The summed E-state index contributed by atoms with van der Waals surface area (Å²) in [5.74, 6) is 0.955. The van der Waals surface area contributed by atoms with E-state index in [4.69, 9.17) is 4.98 Å². The van der Waals surface area contributed by atoms with E-state index >= 15 is 0 Å². The average Bonchev–Trinajstić information content (AvgIpc) is 2.44. The van der Waals surface area contributed by atoms with Crippen LogP contribution in [0.25, 0.3) is 11.4 Å². The number of nitrogens with zero attached hydrogens (tertiary/aromatic N) is 3. The Morgan fingerprint density at radius 2 is 2.00 bits per heavy atom. The van der Waals surface area contributed by atoms with Gasteiger partial charge >= 0.3 is 0 Å². The number of hydrogen-bond acceptors (Lipinski definition) is 4. The van der Waals surface area contributed by atoms with Gasteiger partial charge in [0.15, 0.2) is 0 Å². The van der Waals surface area contributed by atoms with Crippen molar-refractivity contribution in [1.29, 1.82) is 0 Å². The van der Waals surface area contributed by atoms with Crippen molar-refractivity contribution in [2.45, 2.75) is 24.7 Å². The van der Waals surface area contributed by atoms with E-state index in [0.29, 0.717) is 0 Å². The Kier molecular flexibility index (Phi) is 3.25. The molecule has 2 heterocycles. The van der Waals surface area contributed by atoms with E-state index in [-0.39, 0.29) is 5.41 Å². The number of rotatable bonds is 4. The Morgan fingerprint density at radius 3 is 2.63 bits per heavy atom. The molecule has 0 bridgehead atoms. The molecule has 0 aliphatic heterocycles. The van der Waals surface area contributed by atoms with Crippen LogP contribution in [0.2, 0.25) is 0 Å². The summed E-state index contributed by atoms with van der Waals surface area (Å²) in [6, 6.07) is 7.81. The second-order valence-electron chi connectivity index (χ2n) is 5.14. The highest BCUT2D eigenvalue weighted by Crippen LogP contribution is 2.41. The monoisotopic (exact) mass is 254 g/mol. The summed E-state index contributed by atoms with van der Waals surface area (Å²) >= 11 is 0. The van der Waals surface area contributed by atoms with Crippen molar-refractivity contribution < 1.29 is 0 Å². The van der Waals surface area contributed by atoms with E-state index in [1.54, 1.807) is 6.20 Å². The van der Waals surface area contributed by atoms with Crippen LogP contribution in [0.5, 0.6) is 0 Å². The summed E-state index contributed by atoms with van der Waals surface area (Å²) in [6.45, 7) is 0.943. The van der Waals surface area contributed by atoms with E-state index in [1.165, 1.54) is 19.3 Å². The van der Waals surface area contributed by atoms with E-state index in [9.17, 15) is 0 Å². The highest BCUT2D eigenvalue weighted by atomic mass is 15.0. The molecular formula is C15H18N4. The lowest BCUT2D eigenvalue weighted by Crippen LogP contribution is -2.44. The van der Waals surface area contributed by atoms with Crippen molar-refractivity contribution >= 4 is 0 Å². The summed E-state index contributed by atoms with van der Waals surface area (Å²) in [4.78, 5) is 13.6. The van der Waals surface area contributed by atoms with Crippen molar-refractivity contribution in [1.82, 2.24) is 20.3 Å². The zero-order chi connectivity index (χ0) is 13.1. The third-order valence-electron chi connectivity index (χ3n) is 3.88. The molecule has 2 aromatic heterocycles.